The molecule has 1 unspecified atom stereocenters. The second-order valence-corrected chi connectivity index (χ2v) is 5.61. The van der Waals surface area contributed by atoms with Crippen molar-refractivity contribution in [1.82, 2.24) is 15.5 Å². The minimum absolute atomic E-state index is 0. The number of piperidine rings is 1. The molecule has 0 aromatic heterocycles. The highest BCUT2D eigenvalue weighted by Crippen LogP contribution is 2.17. The molecule has 1 heterocycles. The number of likely N-dealkylation sites (tertiary alicyclic amines) is 1. The Balaban J connectivity index is 0. The summed E-state index contributed by atoms with van der Waals surface area (Å²) in [5.41, 5.74) is 0. The van der Waals surface area contributed by atoms with E-state index < -0.39 is 0 Å². The molecular formula is C14H31Cl2N3O. The van der Waals surface area contributed by atoms with E-state index in [-0.39, 0.29) is 30.7 Å². The van der Waals surface area contributed by atoms with Crippen LogP contribution >= 0.6 is 24.8 Å². The predicted octanol–water partition coefficient (Wildman–Crippen LogP) is 2.07. The van der Waals surface area contributed by atoms with Gasteiger partial charge in [0.05, 0.1) is 0 Å². The Hall–Kier alpha value is -0.0300. The van der Waals surface area contributed by atoms with Crippen molar-refractivity contribution in [2.24, 2.45) is 5.92 Å². The average molecular weight is 328 g/mol. The molecule has 1 atom stereocenters. The first kappa shape index (κ1) is 22.3. The highest BCUT2D eigenvalue weighted by molar-refractivity contribution is 5.85. The Kier molecular flexibility index (Phi) is 14.1. The van der Waals surface area contributed by atoms with E-state index in [2.05, 4.69) is 29.4 Å². The van der Waals surface area contributed by atoms with Gasteiger partial charge in [0.1, 0.15) is 0 Å². The quantitative estimate of drug-likeness (QED) is 0.703. The zero-order chi connectivity index (χ0) is 13.4. The fraction of sp³-hybridized carbons (Fsp3) is 0.929. The maximum atomic E-state index is 11.6. The lowest BCUT2D eigenvalue weighted by atomic mass is 9.97. The molecule has 20 heavy (non-hydrogen) atoms. The molecule has 0 saturated carbocycles. The van der Waals surface area contributed by atoms with Crippen molar-refractivity contribution in [3.8, 4) is 0 Å². The van der Waals surface area contributed by atoms with Crippen LogP contribution in [0.2, 0.25) is 0 Å². The van der Waals surface area contributed by atoms with Gasteiger partial charge in [0, 0.05) is 25.6 Å². The maximum Gasteiger partial charge on any atom is 0.220 e. The van der Waals surface area contributed by atoms with Gasteiger partial charge in [-0.3, -0.25) is 4.79 Å². The summed E-state index contributed by atoms with van der Waals surface area (Å²) >= 11 is 0. The molecule has 4 nitrogen and oxygen atoms in total. The molecule has 1 aliphatic heterocycles. The van der Waals surface area contributed by atoms with E-state index in [1.54, 1.807) is 0 Å². The van der Waals surface area contributed by atoms with Gasteiger partial charge in [0.2, 0.25) is 5.91 Å². The Morgan fingerprint density at radius 2 is 2.05 bits per heavy atom. The maximum absolute atomic E-state index is 11.6. The van der Waals surface area contributed by atoms with E-state index in [4.69, 9.17) is 0 Å². The molecule has 2 N–H and O–H groups in total. The number of nitrogens with one attached hydrogen (secondary N) is 2. The summed E-state index contributed by atoms with van der Waals surface area (Å²) in [7, 11) is 1.92. The van der Waals surface area contributed by atoms with E-state index >= 15 is 0 Å². The third kappa shape index (κ3) is 9.01. The van der Waals surface area contributed by atoms with Crippen molar-refractivity contribution < 1.29 is 4.79 Å². The average Bonchev–Trinajstić information content (AvgIpc) is 2.37. The van der Waals surface area contributed by atoms with Gasteiger partial charge in [0.25, 0.3) is 0 Å². The fourth-order valence-corrected chi connectivity index (χ4v) is 2.51. The van der Waals surface area contributed by atoms with Gasteiger partial charge < -0.3 is 15.5 Å². The molecule has 1 saturated heterocycles. The monoisotopic (exact) mass is 327 g/mol. The van der Waals surface area contributed by atoms with Gasteiger partial charge in [-0.15, -0.1) is 24.8 Å². The van der Waals surface area contributed by atoms with Crippen LogP contribution in [0.5, 0.6) is 0 Å². The first-order valence-corrected chi connectivity index (χ1v) is 7.28. The minimum atomic E-state index is 0. The summed E-state index contributed by atoms with van der Waals surface area (Å²) in [4.78, 5) is 14.1. The van der Waals surface area contributed by atoms with Crippen LogP contribution in [0.4, 0.5) is 0 Å². The summed E-state index contributed by atoms with van der Waals surface area (Å²) < 4.78 is 0. The van der Waals surface area contributed by atoms with Crippen molar-refractivity contribution in [2.75, 3.05) is 33.2 Å². The molecule has 0 aliphatic carbocycles. The van der Waals surface area contributed by atoms with Gasteiger partial charge in [-0.05, 0) is 59.2 Å². The summed E-state index contributed by atoms with van der Waals surface area (Å²) in [6, 6.07) is 0.624. The molecule has 0 spiro atoms. The van der Waals surface area contributed by atoms with E-state index in [0.29, 0.717) is 18.4 Å². The third-order valence-electron chi connectivity index (χ3n) is 3.70. The van der Waals surface area contributed by atoms with Crippen LogP contribution in [0, 0.1) is 5.92 Å². The number of hydrogen-bond donors (Lipinski definition) is 2. The number of nitrogens with zero attached hydrogens (tertiary/aromatic N) is 1. The lowest BCUT2D eigenvalue weighted by molar-refractivity contribution is -0.121. The van der Waals surface area contributed by atoms with Crippen LogP contribution in [0.25, 0.3) is 0 Å². The van der Waals surface area contributed by atoms with Crippen LogP contribution in [0.15, 0.2) is 0 Å². The SMILES string of the molecule is CNCCCC(=O)NCC1CCCN(C(C)C)C1.Cl.Cl. The molecule has 6 heteroatoms. The number of halogens is 2. The minimum Gasteiger partial charge on any atom is -0.356 e. The highest BCUT2D eigenvalue weighted by Gasteiger charge is 2.21. The molecule has 122 valence electrons. The summed E-state index contributed by atoms with van der Waals surface area (Å²) in [5, 5.41) is 6.14. The molecule has 1 aliphatic rings. The Morgan fingerprint density at radius 1 is 1.35 bits per heavy atom. The third-order valence-corrected chi connectivity index (χ3v) is 3.70. The lowest BCUT2D eigenvalue weighted by Gasteiger charge is -2.35. The fourth-order valence-electron chi connectivity index (χ4n) is 2.51. The van der Waals surface area contributed by atoms with Gasteiger partial charge >= 0.3 is 0 Å². The van der Waals surface area contributed by atoms with Crippen molar-refractivity contribution >= 4 is 30.7 Å². The van der Waals surface area contributed by atoms with Crippen molar-refractivity contribution in [1.29, 1.82) is 0 Å². The second kappa shape index (κ2) is 12.7. The van der Waals surface area contributed by atoms with Gasteiger partial charge in [-0.2, -0.15) is 0 Å². The van der Waals surface area contributed by atoms with Crippen molar-refractivity contribution in [3.05, 3.63) is 0 Å². The molecule has 1 rings (SSSR count). The first-order valence-electron chi connectivity index (χ1n) is 7.28. The molecule has 1 fully saturated rings. The van der Waals surface area contributed by atoms with Gasteiger partial charge in [-0.25, -0.2) is 0 Å². The molecule has 0 bridgehead atoms. The Labute approximate surface area is 136 Å². The summed E-state index contributed by atoms with van der Waals surface area (Å²) in [6.45, 7) is 8.61. The standard InChI is InChI=1S/C14H29N3O.2ClH/c1-12(2)17-9-5-6-13(11-17)10-16-14(18)7-4-8-15-3;;/h12-13,15H,4-11H2,1-3H3,(H,16,18);2*1H. The molecule has 1 amide bonds. The molecular weight excluding hydrogens is 297 g/mol. The second-order valence-electron chi connectivity index (χ2n) is 5.61. The van der Waals surface area contributed by atoms with Crippen molar-refractivity contribution in [3.63, 3.8) is 0 Å². The Bertz CT molecular complexity index is 253. The normalized spacial score (nSPS) is 19.1. The Morgan fingerprint density at radius 3 is 2.65 bits per heavy atom. The zero-order valence-corrected chi connectivity index (χ0v) is 14.6. The van der Waals surface area contributed by atoms with Crippen molar-refractivity contribution in [2.45, 2.75) is 45.6 Å². The van der Waals surface area contributed by atoms with Crippen LogP contribution < -0.4 is 10.6 Å². The van der Waals surface area contributed by atoms with Crippen LogP contribution in [0.1, 0.15) is 39.5 Å². The summed E-state index contributed by atoms with van der Waals surface area (Å²) in [5.74, 6) is 0.835. The number of carbonyl (C=O) groups excluding carboxylic acids is 1. The lowest BCUT2D eigenvalue weighted by Crippen LogP contribution is -2.43. The smallest absolute Gasteiger partial charge is 0.220 e. The number of carbonyl (C=O) groups is 1. The topological polar surface area (TPSA) is 44.4 Å². The largest absolute Gasteiger partial charge is 0.356 e. The zero-order valence-electron chi connectivity index (χ0n) is 13.0. The van der Waals surface area contributed by atoms with Gasteiger partial charge in [0.15, 0.2) is 0 Å². The molecule has 0 radical (unpaired) electrons. The van der Waals surface area contributed by atoms with Crippen LogP contribution in [0.3, 0.4) is 0 Å². The first-order chi connectivity index (χ1) is 8.63. The highest BCUT2D eigenvalue weighted by atomic mass is 35.5. The van der Waals surface area contributed by atoms with Gasteiger partial charge in [-0.1, -0.05) is 0 Å². The van der Waals surface area contributed by atoms with E-state index in [0.717, 1.165) is 26.1 Å². The summed E-state index contributed by atoms with van der Waals surface area (Å²) in [6.07, 6.45) is 4.07. The number of amides is 1. The number of hydrogen-bond acceptors (Lipinski definition) is 3. The van der Waals surface area contributed by atoms with Crippen LogP contribution in [-0.4, -0.2) is 50.1 Å². The van der Waals surface area contributed by atoms with E-state index in [1.807, 2.05) is 7.05 Å². The van der Waals surface area contributed by atoms with E-state index in [9.17, 15) is 4.79 Å². The predicted molar refractivity (Wildman–Crippen MR) is 90.1 cm³/mol. The molecule has 0 aromatic rings. The number of rotatable bonds is 7. The molecule has 0 aromatic carbocycles. The van der Waals surface area contributed by atoms with E-state index in [1.165, 1.54) is 19.4 Å². The van der Waals surface area contributed by atoms with Crippen LogP contribution in [-0.2, 0) is 4.79 Å².